The van der Waals surface area contributed by atoms with Gasteiger partial charge in [0, 0.05) is 6.04 Å². The lowest BCUT2D eigenvalue weighted by Gasteiger charge is -2.20. The molecule has 0 aliphatic heterocycles. The van der Waals surface area contributed by atoms with Crippen LogP contribution in [0.1, 0.15) is 39.5 Å². The number of para-hydroxylation sites is 2. The van der Waals surface area contributed by atoms with Crippen molar-refractivity contribution in [2.45, 2.75) is 52.2 Å². The molecule has 1 atom stereocenters. The number of anilines is 1. The molecule has 0 aliphatic carbocycles. The molecule has 0 heterocycles. The predicted octanol–water partition coefficient (Wildman–Crippen LogP) is 4.67. The summed E-state index contributed by atoms with van der Waals surface area (Å²) in [6.07, 6.45) is 4.26. The van der Waals surface area contributed by atoms with Crippen molar-refractivity contribution in [2.75, 3.05) is 5.32 Å². The first kappa shape index (κ1) is 14.7. The second kappa shape index (κ2) is 7.90. The molecule has 0 fully saturated rings. The summed E-state index contributed by atoms with van der Waals surface area (Å²) in [5, 5.41) is 3.28. The number of alkyl halides is 2. The van der Waals surface area contributed by atoms with Crippen LogP contribution >= 0.6 is 0 Å². The normalized spacial score (nSPS) is 12.5. The minimum Gasteiger partial charge on any atom is -0.433 e. The molecule has 0 aliphatic rings. The van der Waals surface area contributed by atoms with Gasteiger partial charge in [-0.05, 0) is 25.0 Å². The maximum Gasteiger partial charge on any atom is 0.387 e. The van der Waals surface area contributed by atoms with Crippen LogP contribution in [0, 0.1) is 0 Å². The molecule has 1 aromatic rings. The summed E-state index contributed by atoms with van der Waals surface area (Å²) in [4.78, 5) is 0. The quantitative estimate of drug-likeness (QED) is 0.730. The summed E-state index contributed by atoms with van der Waals surface area (Å²) in [6.45, 7) is 1.44. The van der Waals surface area contributed by atoms with E-state index >= 15 is 0 Å². The van der Waals surface area contributed by atoms with Crippen molar-refractivity contribution >= 4 is 5.69 Å². The summed E-state index contributed by atoms with van der Waals surface area (Å²) in [6, 6.07) is 7.13. The number of unbranched alkanes of at least 4 members (excludes halogenated alkanes) is 1. The molecule has 2 nitrogen and oxygen atoms in total. The fourth-order valence-electron chi connectivity index (χ4n) is 1.83. The maximum absolute atomic E-state index is 12.3. The molecule has 0 saturated heterocycles. The molecule has 1 aromatic carbocycles. The van der Waals surface area contributed by atoms with Gasteiger partial charge in [0.15, 0.2) is 0 Å². The topological polar surface area (TPSA) is 21.3 Å². The average Bonchev–Trinajstić information content (AvgIpc) is 2.35. The number of rotatable bonds is 8. The van der Waals surface area contributed by atoms with E-state index in [1.165, 1.54) is 0 Å². The van der Waals surface area contributed by atoms with Crippen LogP contribution in [0.2, 0.25) is 0 Å². The van der Waals surface area contributed by atoms with Crippen molar-refractivity contribution in [1.82, 2.24) is 0 Å². The average molecular weight is 257 g/mol. The first-order valence-electron chi connectivity index (χ1n) is 6.47. The lowest BCUT2D eigenvalue weighted by molar-refractivity contribution is -0.0493. The van der Waals surface area contributed by atoms with E-state index in [0.717, 1.165) is 25.7 Å². The Balaban J connectivity index is 2.69. The van der Waals surface area contributed by atoms with Gasteiger partial charge in [-0.1, -0.05) is 38.8 Å². The zero-order valence-electron chi connectivity index (χ0n) is 11.0. The Morgan fingerprint density at radius 1 is 1.22 bits per heavy atom. The molecule has 0 aromatic heterocycles. The molecule has 1 unspecified atom stereocenters. The number of benzene rings is 1. The highest BCUT2D eigenvalue weighted by Gasteiger charge is 2.12. The predicted molar refractivity (Wildman–Crippen MR) is 70.3 cm³/mol. The Morgan fingerprint density at radius 2 is 1.94 bits per heavy atom. The first-order chi connectivity index (χ1) is 8.67. The second-order valence-corrected chi connectivity index (χ2v) is 4.27. The summed E-state index contributed by atoms with van der Waals surface area (Å²) in [7, 11) is 0. The summed E-state index contributed by atoms with van der Waals surface area (Å²) in [5.41, 5.74) is 0.640. The maximum atomic E-state index is 12.3. The Hall–Kier alpha value is -1.32. The van der Waals surface area contributed by atoms with Crippen LogP contribution in [0.5, 0.6) is 5.75 Å². The van der Waals surface area contributed by atoms with Gasteiger partial charge in [-0.15, -0.1) is 0 Å². The Labute approximate surface area is 107 Å². The van der Waals surface area contributed by atoms with Gasteiger partial charge in [-0.2, -0.15) is 8.78 Å². The second-order valence-electron chi connectivity index (χ2n) is 4.27. The van der Waals surface area contributed by atoms with Crippen LogP contribution in [-0.4, -0.2) is 12.7 Å². The van der Waals surface area contributed by atoms with Crippen LogP contribution in [0.4, 0.5) is 14.5 Å². The number of ether oxygens (including phenoxy) is 1. The van der Waals surface area contributed by atoms with Gasteiger partial charge in [0.25, 0.3) is 0 Å². The zero-order chi connectivity index (χ0) is 13.4. The molecule has 102 valence electrons. The van der Waals surface area contributed by atoms with E-state index in [4.69, 9.17) is 0 Å². The van der Waals surface area contributed by atoms with E-state index in [1.807, 2.05) is 6.07 Å². The third-order valence-electron chi connectivity index (χ3n) is 2.86. The summed E-state index contributed by atoms with van der Waals surface area (Å²) in [5.74, 6) is 0.211. The van der Waals surface area contributed by atoms with E-state index in [9.17, 15) is 8.78 Å². The number of hydrogen-bond donors (Lipinski definition) is 1. The van der Waals surface area contributed by atoms with Crippen molar-refractivity contribution in [3.63, 3.8) is 0 Å². The van der Waals surface area contributed by atoms with Gasteiger partial charge >= 0.3 is 6.61 Å². The standard InChI is InChI=1S/C14H21F2NO/c1-3-5-8-11(4-2)17-12-9-6-7-10-13(12)18-14(15)16/h6-7,9-11,14,17H,3-5,8H2,1-2H3. The third kappa shape index (κ3) is 4.90. The van der Waals surface area contributed by atoms with Crippen molar-refractivity contribution < 1.29 is 13.5 Å². The molecule has 0 amide bonds. The molecular formula is C14H21F2NO. The van der Waals surface area contributed by atoms with Crippen molar-refractivity contribution in [1.29, 1.82) is 0 Å². The molecular weight excluding hydrogens is 236 g/mol. The van der Waals surface area contributed by atoms with Gasteiger partial charge < -0.3 is 10.1 Å². The van der Waals surface area contributed by atoms with E-state index in [1.54, 1.807) is 18.2 Å². The van der Waals surface area contributed by atoms with Gasteiger partial charge in [0.2, 0.25) is 0 Å². The number of halogens is 2. The van der Waals surface area contributed by atoms with Crippen LogP contribution in [0.3, 0.4) is 0 Å². The first-order valence-corrected chi connectivity index (χ1v) is 6.47. The van der Waals surface area contributed by atoms with Crippen molar-refractivity contribution in [2.24, 2.45) is 0 Å². The molecule has 0 spiro atoms. The summed E-state index contributed by atoms with van der Waals surface area (Å²) < 4.78 is 29.0. The molecule has 0 radical (unpaired) electrons. The Morgan fingerprint density at radius 3 is 2.56 bits per heavy atom. The molecule has 18 heavy (non-hydrogen) atoms. The van der Waals surface area contributed by atoms with Gasteiger partial charge in [0.1, 0.15) is 5.75 Å². The lowest BCUT2D eigenvalue weighted by Crippen LogP contribution is -2.19. The van der Waals surface area contributed by atoms with E-state index in [-0.39, 0.29) is 5.75 Å². The zero-order valence-corrected chi connectivity index (χ0v) is 11.0. The highest BCUT2D eigenvalue weighted by molar-refractivity contribution is 5.56. The molecule has 0 bridgehead atoms. The largest absolute Gasteiger partial charge is 0.433 e. The van der Waals surface area contributed by atoms with Crippen LogP contribution in [0.15, 0.2) is 24.3 Å². The number of hydrogen-bond acceptors (Lipinski definition) is 2. The van der Waals surface area contributed by atoms with E-state index < -0.39 is 6.61 Å². The fourth-order valence-corrected chi connectivity index (χ4v) is 1.83. The van der Waals surface area contributed by atoms with Gasteiger partial charge in [-0.25, -0.2) is 0 Å². The highest BCUT2D eigenvalue weighted by Crippen LogP contribution is 2.27. The van der Waals surface area contributed by atoms with Gasteiger partial charge in [0.05, 0.1) is 5.69 Å². The Kier molecular flexibility index (Phi) is 6.47. The number of nitrogens with one attached hydrogen (secondary N) is 1. The summed E-state index contributed by atoms with van der Waals surface area (Å²) >= 11 is 0. The van der Waals surface area contributed by atoms with Crippen LogP contribution < -0.4 is 10.1 Å². The molecule has 1 rings (SSSR count). The monoisotopic (exact) mass is 257 g/mol. The van der Waals surface area contributed by atoms with Crippen LogP contribution in [0.25, 0.3) is 0 Å². The van der Waals surface area contributed by atoms with Crippen molar-refractivity contribution in [3.8, 4) is 5.75 Å². The van der Waals surface area contributed by atoms with Gasteiger partial charge in [-0.3, -0.25) is 0 Å². The minimum atomic E-state index is -2.79. The SMILES string of the molecule is CCCCC(CC)Nc1ccccc1OC(F)F. The van der Waals surface area contributed by atoms with E-state index in [2.05, 4.69) is 23.9 Å². The highest BCUT2D eigenvalue weighted by atomic mass is 19.3. The lowest BCUT2D eigenvalue weighted by atomic mass is 10.1. The minimum absolute atomic E-state index is 0.211. The van der Waals surface area contributed by atoms with E-state index in [0.29, 0.717) is 11.7 Å². The molecule has 4 heteroatoms. The smallest absolute Gasteiger partial charge is 0.387 e. The Bertz CT molecular complexity index is 344. The fraction of sp³-hybridized carbons (Fsp3) is 0.571. The molecule has 1 N–H and O–H groups in total. The molecule has 0 saturated carbocycles. The van der Waals surface area contributed by atoms with Crippen molar-refractivity contribution in [3.05, 3.63) is 24.3 Å². The third-order valence-corrected chi connectivity index (χ3v) is 2.86. The van der Waals surface area contributed by atoms with Crippen LogP contribution in [-0.2, 0) is 0 Å².